The van der Waals surface area contributed by atoms with E-state index in [0.717, 1.165) is 38.4 Å². The SMILES string of the molecule is CN(C)S(=O)c1ccccc1Nc1c[nH]c2nccc(-c3ccsc3)c12. The van der Waals surface area contributed by atoms with Gasteiger partial charge in [0.1, 0.15) is 16.6 Å². The van der Waals surface area contributed by atoms with Crippen LogP contribution < -0.4 is 5.32 Å². The van der Waals surface area contributed by atoms with Crippen molar-refractivity contribution in [2.45, 2.75) is 4.90 Å². The first-order chi connectivity index (χ1) is 12.6. The molecule has 0 saturated heterocycles. The van der Waals surface area contributed by atoms with E-state index in [1.807, 2.05) is 42.7 Å². The summed E-state index contributed by atoms with van der Waals surface area (Å²) in [6.07, 6.45) is 3.72. The second kappa shape index (κ2) is 7.03. The van der Waals surface area contributed by atoms with Crippen LogP contribution in [0.1, 0.15) is 0 Å². The fraction of sp³-hybridized carbons (Fsp3) is 0.105. The predicted molar refractivity (Wildman–Crippen MR) is 109 cm³/mol. The number of para-hydroxylation sites is 1. The van der Waals surface area contributed by atoms with Crippen LogP contribution in [0.3, 0.4) is 0 Å². The van der Waals surface area contributed by atoms with Gasteiger partial charge >= 0.3 is 0 Å². The molecule has 7 heteroatoms. The molecule has 4 rings (SSSR count). The van der Waals surface area contributed by atoms with Crippen molar-refractivity contribution < 1.29 is 4.21 Å². The van der Waals surface area contributed by atoms with Crippen molar-refractivity contribution in [3.63, 3.8) is 0 Å². The van der Waals surface area contributed by atoms with Crippen LogP contribution in [0.15, 0.2) is 64.4 Å². The van der Waals surface area contributed by atoms with Crippen LogP contribution in [0.4, 0.5) is 11.4 Å². The van der Waals surface area contributed by atoms with E-state index >= 15 is 0 Å². The van der Waals surface area contributed by atoms with E-state index in [9.17, 15) is 4.21 Å². The minimum atomic E-state index is -1.23. The van der Waals surface area contributed by atoms with Crippen molar-refractivity contribution >= 4 is 44.7 Å². The van der Waals surface area contributed by atoms with Gasteiger partial charge in [-0.2, -0.15) is 11.3 Å². The van der Waals surface area contributed by atoms with Gasteiger partial charge in [-0.1, -0.05) is 12.1 Å². The van der Waals surface area contributed by atoms with Crippen LogP contribution in [-0.2, 0) is 11.0 Å². The Morgan fingerprint density at radius 3 is 2.77 bits per heavy atom. The number of aromatic nitrogens is 2. The summed E-state index contributed by atoms with van der Waals surface area (Å²) in [4.78, 5) is 8.41. The van der Waals surface area contributed by atoms with Gasteiger partial charge < -0.3 is 10.3 Å². The Labute approximate surface area is 158 Å². The van der Waals surface area contributed by atoms with Crippen LogP contribution in [0.25, 0.3) is 22.2 Å². The van der Waals surface area contributed by atoms with Crippen molar-refractivity contribution in [1.29, 1.82) is 0 Å². The Balaban J connectivity index is 1.82. The predicted octanol–water partition coefficient (Wildman–Crippen LogP) is 4.62. The lowest BCUT2D eigenvalue weighted by atomic mass is 10.1. The van der Waals surface area contributed by atoms with Gasteiger partial charge in [-0.3, -0.25) is 0 Å². The molecule has 0 bridgehead atoms. The summed E-state index contributed by atoms with van der Waals surface area (Å²) in [6.45, 7) is 0. The molecule has 5 nitrogen and oxygen atoms in total. The average molecular weight is 383 g/mol. The molecule has 3 heterocycles. The lowest BCUT2D eigenvalue weighted by molar-refractivity contribution is 0.603. The van der Waals surface area contributed by atoms with Gasteiger partial charge in [0.25, 0.3) is 0 Å². The third-order valence-electron chi connectivity index (χ3n) is 4.08. The zero-order chi connectivity index (χ0) is 18.1. The van der Waals surface area contributed by atoms with E-state index in [4.69, 9.17) is 0 Å². The highest BCUT2D eigenvalue weighted by Crippen LogP contribution is 2.36. The normalized spacial score (nSPS) is 12.6. The third-order valence-corrected chi connectivity index (χ3v) is 6.16. The number of anilines is 2. The number of aromatic amines is 1. The Bertz CT molecular complexity index is 1070. The lowest BCUT2D eigenvalue weighted by Gasteiger charge is -2.15. The van der Waals surface area contributed by atoms with Gasteiger partial charge in [0.2, 0.25) is 0 Å². The Morgan fingerprint density at radius 1 is 1.15 bits per heavy atom. The number of nitrogens with one attached hydrogen (secondary N) is 2. The first-order valence-corrected chi connectivity index (χ1v) is 10.1. The van der Waals surface area contributed by atoms with Crippen LogP contribution >= 0.6 is 11.3 Å². The number of hydrogen-bond acceptors (Lipinski definition) is 4. The molecule has 2 N–H and O–H groups in total. The molecule has 1 aromatic carbocycles. The van der Waals surface area contributed by atoms with E-state index in [1.54, 1.807) is 29.7 Å². The molecule has 132 valence electrons. The molecule has 0 spiro atoms. The number of rotatable bonds is 5. The second-order valence-electron chi connectivity index (χ2n) is 5.98. The first-order valence-electron chi connectivity index (χ1n) is 8.09. The zero-order valence-corrected chi connectivity index (χ0v) is 16.0. The van der Waals surface area contributed by atoms with E-state index in [0.29, 0.717) is 0 Å². The molecule has 0 aliphatic heterocycles. The van der Waals surface area contributed by atoms with Gasteiger partial charge in [-0.05, 0) is 60.2 Å². The van der Waals surface area contributed by atoms with Gasteiger partial charge in [-0.15, -0.1) is 0 Å². The number of H-pyrrole nitrogens is 1. The van der Waals surface area contributed by atoms with Gasteiger partial charge in [0.05, 0.1) is 21.7 Å². The Morgan fingerprint density at radius 2 is 2.00 bits per heavy atom. The minimum Gasteiger partial charge on any atom is -0.353 e. The number of nitrogens with zero attached hydrogens (tertiary/aromatic N) is 2. The van der Waals surface area contributed by atoms with Crippen molar-refractivity contribution in [3.8, 4) is 11.1 Å². The Kier molecular flexibility index (Phi) is 4.58. The van der Waals surface area contributed by atoms with E-state index in [-0.39, 0.29) is 0 Å². The maximum atomic E-state index is 12.6. The summed E-state index contributed by atoms with van der Waals surface area (Å²) in [7, 11) is 2.38. The zero-order valence-electron chi connectivity index (χ0n) is 14.4. The molecule has 0 amide bonds. The standard InChI is InChI=1S/C19H18N4OS2/c1-23(2)26(24)17-6-4-3-5-15(17)22-16-11-21-19-18(16)14(7-9-20-19)13-8-10-25-12-13/h3-12,22H,1-2H3,(H,20,21). The van der Waals surface area contributed by atoms with Crippen LogP contribution in [-0.4, -0.2) is 32.6 Å². The molecule has 0 aliphatic rings. The minimum absolute atomic E-state index is 0.743. The van der Waals surface area contributed by atoms with E-state index in [2.05, 4.69) is 32.1 Å². The van der Waals surface area contributed by atoms with Crippen LogP contribution in [0.5, 0.6) is 0 Å². The highest BCUT2D eigenvalue weighted by Gasteiger charge is 2.15. The van der Waals surface area contributed by atoms with Crippen LogP contribution in [0.2, 0.25) is 0 Å². The summed E-state index contributed by atoms with van der Waals surface area (Å²) in [6, 6.07) is 11.8. The highest BCUT2D eigenvalue weighted by molar-refractivity contribution is 7.82. The topological polar surface area (TPSA) is 61.0 Å². The van der Waals surface area contributed by atoms with Crippen LogP contribution in [0, 0.1) is 0 Å². The van der Waals surface area contributed by atoms with Gasteiger partial charge in [0.15, 0.2) is 0 Å². The second-order valence-corrected chi connectivity index (χ2v) is 8.43. The third kappa shape index (κ3) is 3.05. The molecule has 3 aromatic heterocycles. The summed E-state index contributed by atoms with van der Waals surface area (Å²) in [5, 5.41) is 8.66. The average Bonchev–Trinajstić information content (AvgIpc) is 3.32. The fourth-order valence-electron chi connectivity index (χ4n) is 2.88. The largest absolute Gasteiger partial charge is 0.353 e. The van der Waals surface area contributed by atoms with Crippen molar-refractivity contribution in [2.75, 3.05) is 19.4 Å². The fourth-order valence-corrected chi connectivity index (χ4v) is 4.43. The summed E-state index contributed by atoms with van der Waals surface area (Å²) in [5.41, 5.74) is 4.84. The summed E-state index contributed by atoms with van der Waals surface area (Å²) < 4.78 is 14.3. The summed E-state index contributed by atoms with van der Waals surface area (Å²) >= 11 is 1.67. The monoisotopic (exact) mass is 382 g/mol. The molecule has 1 unspecified atom stereocenters. The highest BCUT2D eigenvalue weighted by atomic mass is 32.2. The maximum absolute atomic E-state index is 12.6. The molecule has 0 saturated carbocycles. The molecule has 0 fully saturated rings. The molecule has 4 aromatic rings. The maximum Gasteiger partial charge on any atom is 0.140 e. The molecule has 0 radical (unpaired) electrons. The van der Waals surface area contributed by atoms with Gasteiger partial charge in [0, 0.05) is 12.4 Å². The number of benzene rings is 1. The lowest BCUT2D eigenvalue weighted by Crippen LogP contribution is -2.16. The van der Waals surface area contributed by atoms with Crippen molar-refractivity contribution in [2.24, 2.45) is 0 Å². The van der Waals surface area contributed by atoms with Gasteiger partial charge in [-0.25, -0.2) is 13.5 Å². The number of hydrogen-bond donors (Lipinski definition) is 2. The first kappa shape index (κ1) is 17.0. The molecule has 0 aliphatic carbocycles. The number of thiophene rings is 1. The summed E-state index contributed by atoms with van der Waals surface area (Å²) in [5.74, 6) is 0. The Hall–Kier alpha value is -2.48. The number of pyridine rings is 1. The smallest absolute Gasteiger partial charge is 0.140 e. The molecule has 1 atom stereocenters. The quantitative estimate of drug-likeness (QED) is 0.529. The molecule has 26 heavy (non-hydrogen) atoms. The molecular weight excluding hydrogens is 364 g/mol. The molecular formula is C19H18N4OS2. The van der Waals surface area contributed by atoms with E-state index in [1.165, 1.54) is 0 Å². The van der Waals surface area contributed by atoms with E-state index < -0.39 is 11.0 Å². The number of fused-ring (bicyclic) bond motifs is 1. The van der Waals surface area contributed by atoms with Crippen molar-refractivity contribution in [1.82, 2.24) is 14.3 Å². The van der Waals surface area contributed by atoms with Crippen molar-refractivity contribution in [3.05, 3.63) is 59.6 Å².